The minimum atomic E-state index is -0.00359. The van der Waals surface area contributed by atoms with Gasteiger partial charge >= 0.3 is 0 Å². The van der Waals surface area contributed by atoms with Gasteiger partial charge < -0.3 is 4.57 Å². The van der Waals surface area contributed by atoms with E-state index < -0.39 is 0 Å². The van der Waals surface area contributed by atoms with E-state index in [1.165, 1.54) is 21.8 Å². The van der Waals surface area contributed by atoms with Crippen LogP contribution in [-0.4, -0.2) is 10.5 Å². The number of fused-ring (bicyclic) bond motifs is 8. The molecule has 0 saturated heterocycles. The largest absolute Gasteiger partial charge is 0.309 e. The van der Waals surface area contributed by atoms with Gasteiger partial charge in [0.05, 0.1) is 22.4 Å². The molecule has 0 bridgehead atoms. The molecule has 3 heteroatoms. The van der Waals surface area contributed by atoms with Crippen molar-refractivity contribution < 1.29 is 4.79 Å². The monoisotopic (exact) mass is 450 g/mol. The second-order valence-corrected chi connectivity index (χ2v) is 8.99. The highest BCUT2D eigenvalue weighted by Gasteiger charge is 2.27. The first-order chi connectivity index (χ1) is 17.2. The van der Waals surface area contributed by atoms with Gasteiger partial charge in [-0.3, -0.25) is 9.69 Å². The molecule has 1 amide bonds. The molecule has 1 aliphatic heterocycles. The van der Waals surface area contributed by atoms with Gasteiger partial charge in [0.2, 0.25) is 5.91 Å². The van der Waals surface area contributed by atoms with Crippen molar-refractivity contribution in [3.63, 3.8) is 0 Å². The van der Waals surface area contributed by atoms with Gasteiger partial charge in [-0.05, 0) is 47.5 Å². The lowest BCUT2D eigenvalue weighted by atomic mass is 9.94. The molecule has 166 valence electrons. The number of benzene rings is 5. The van der Waals surface area contributed by atoms with Crippen LogP contribution in [0, 0.1) is 0 Å². The van der Waals surface area contributed by atoms with Crippen LogP contribution in [-0.2, 0) is 4.79 Å². The molecule has 2 heterocycles. The number of hydrogen-bond acceptors (Lipinski definition) is 1. The molecule has 0 fully saturated rings. The summed E-state index contributed by atoms with van der Waals surface area (Å²) in [6.45, 7) is 1.64. The van der Waals surface area contributed by atoms with Crippen molar-refractivity contribution in [2.24, 2.45) is 0 Å². The Kier molecular flexibility index (Phi) is 4.21. The summed E-state index contributed by atoms with van der Waals surface area (Å²) >= 11 is 0. The van der Waals surface area contributed by atoms with Crippen LogP contribution in [0.4, 0.5) is 11.4 Å². The molecule has 0 spiro atoms. The average molecular weight is 451 g/mol. The maximum absolute atomic E-state index is 13.0. The lowest BCUT2D eigenvalue weighted by Crippen LogP contribution is -2.23. The minimum absolute atomic E-state index is 0.00359. The average Bonchev–Trinajstić information content (AvgIpc) is 3.17. The topological polar surface area (TPSA) is 25.2 Å². The van der Waals surface area contributed by atoms with Crippen LogP contribution >= 0.6 is 0 Å². The normalized spacial score (nSPS) is 12.2. The fourth-order valence-electron chi connectivity index (χ4n) is 5.59. The number of anilines is 2. The Morgan fingerprint density at radius 1 is 0.543 bits per heavy atom. The van der Waals surface area contributed by atoms with E-state index in [9.17, 15) is 4.79 Å². The number of amides is 1. The summed E-state index contributed by atoms with van der Waals surface area (Å²) in [4.78, 5) is 14.9. The summed E-state index contributed by atoms with van der Waals surface area (Å²) in [6.07, 6.45) is 0. The molecule has 0 atom stereocenters. The minimum Gasteiger partial charge on any atom is -0.309 e. The van der Waals surface area contributed by atoms with E-state index in [4.69, 9.17) is 0 Å². The highest BCUT2D eigenvalue weighted by atomic mass is 16.2. The van der Waals surface area contributed by atoms with Crippen molar-refractivity contribution in [2.45, 2.75) is 6.92 Å². The second kappa shape index (κ2) is 7.44. The maximum Gasteiger partial charge on any atom is 0.228 e. The Morgan fingerprint density at radius 3 is 1.71 bits per heavy atom. The number of nitrogens with zero attached hydrogens (tertiary/aromatic N) is 2. The molecule has 3 nitrogen and oxygen atoms in total. The zero-order valence-electron chi connectivity index (χ0n) is 19.3. The first kappa shape index (κ1) is 19.8. The van der Waals surface area contributed by atoms with Gasteiger partial charge in [-0.1, -0.05) is 78.9 Å². The molecule has 0 aliphatic carbocycles. The van der Waals surface area contributed by atoms with Crippen LogP contribution < -0.4 is 4.90 Å². The van der Waals surface area contributed by atoms with Crippen molar-refractivity contribution in [3.05, 3.63) is 115 Å². The van der Waals surface area contributed by atoms with Crippen LogP contribution in [0.15, 0.2) is 115 Å². The molecule has 0 unspecified atom stereocenters. The third-order valence-corrected chi connectivity index (χ3v) is 7.03. The Bertz CT molecular complexity index is 1740. The van der Waals surface area contributed by atoms with Gasteiger partial charge in [0.25, 0.3) is 0 Å². The summed E-state index contributed by atoms with van der Waals surface area (Å²) in [5, 5.41) is 2.47. The number of rotatable bonds is 1. The van der Waals surface area contributed by atoms with E-state index in [2.05, 4.69) is 102 Å². The van der Waals surface area contributed by atoms with Crippen LogP contribution in [0.1, 0.15) is 6.92 Å². The predicted molar refractivity (Wildman–Crippen MR) is 144 cm³/mol. The first-order valence-corrected chi connectivity index (χ1v) is 11.8. The molecule has 5 aromatic carbocycles. The van der Waals surface area contributed by atoms with E-state index >= 15 is 0 Å². The van der Waals surface area contributed by atoms with Crippen molar-refractivity contribution in [1.29, 1.82) is 0 Å². The molecule has 1 aliphatic rings. The number of para-hydroxylation sites is 3. The number of hydrogen-bond donors (Lipinski definition) is 0. The zero-order valence-corrected chi connectivity index (χ0v) is 19.3. The predicted octanol–water partition coefficient (Wildman–Crippen LogP) is 8.12. The van der Waals surface area contributed by atoms with Gasteiger partial charge in [-0.15, -0.1) is 0 Å². The van der Waals surface area contributed by atoms with Crippen molar-refractivity contribution in [2.75, 3.05) is 4.90 Å². The smallest absolute Gasteiger partial charge is 0.228 e. The van der Waals surface area contributed by atoms with E-state index in [0.717, 1.165) is 39.3 Å². The summed E-state index contributed by atoms with van der Waals surface area (Å²) < 4.78 is 2.32. The van der Waals surface area contributed by atoms with Crippen LogP contribution in [0.3, 0.4) is 0 Å². The quantitative estimate of drug-likeness (QED) is 0.248. The van der Waals surface area contributed by atoms with Gasteiger partial charge in [-0.25, -0.2) is 0 Å². The van der Waals surface area contributed by atoms with E-state index in [0.29, 0.717) is 0 Å². The highest BCUT2D eigenvalue weighted by Crippen LogP contribution is 2.48. The Morgan fingerprint density at radius 2 is 1.06 bits per heavy atom. The van der Waals surface area contributed by atoms with Gasteiger partial charge in [0, 0.05) is 34.5 Å². The van der Waals surface area contributed by atoms with Gasteiger partial charge in [0.1, 0.15) is 0 Å². The Balaban J connectivity index is 1.58. The van der Waals surface area contributed by atoms with Gasteiger partial charge in [0.15, 0.2) is 0 Å². The molecule has 6 aromatic rings. The van der Waals surface area contributed by atoms with Crippen molar-refractivity contribution >= 4 is 39.1 Å². The lowest BCUT2D eigenvalue weighted by molar-refractivity contribution is -0.115. The fourth-order valence-corrected chi connectivity index (χ4v) is 5.59. The van der Waals surface area contributed by atoms with Crippen LogP contribution in [0.25, 0.3) is 49.7 Å². The first-order valence-electron chi connectivity index (χ1n) is 11.8. The molecular formula is C32H22N2O. The maximum atomic E-state index is 13.0. The standard InChI is InChI=1S/C32H22N2O/c1-21(35)33-29-15-7-4-12-25(29)23-10-2-3-11-24(23)28-20-22(18-19-32(28)33)34-30-16-8-5-13-26(30)27-14-6-9-17-31(27)34/h2-20H,1H3. The molecule has 35 heavy (non-hydrogen) atoms. The van der Waals surface area contributed by atoms with E-state index in [-0.39, 0.29) is 5.91 Å². The third-order valence-electron chi connectivity index (χ3n) is 7.03. The highest BCUT2D eigenvalue weighted by molar-refractivity contribution is 6.12. The fraction of sp³-hybridized carbons (Fsp3) is 0.0312. The molecule has 1 aromatic heterocycles. The summed E-state index contributed by atoms with van der Waals surface area (Å²) in [5.74, 6) is -0.00359. The lowest BCUT2D eigenvalue weighted by Gasteiger charge is -2.24. The molecule has 0 N–H and O–H groups in total. The van der Waals surface area contributed by atoms with Crippen molar-refractivity contribution in [3.8, 4) is 27.9 Å². The van der Waals surface area contributed by atoms with Crippen molar-refractivity contribution in [1.82, 2.24) is 4.57 Å². The zero-order chi connectivity index (χ0) is 23.5. The molecule has 0 saturated carbocycles. The molecule has 0 radical (unpaired) electrons. The SMILES string of the molecule is CC(=O)N1c2ccccc2-c2ccccc2-c2cc(-n3c4ccccc4c4ccccc43)ccc21. The number of carbonyl (C=O) groups is 1. The Labute approximate surface area is 203 Å². The molecule has 7 rings (SSSR count). The van der Waals surface area contributed by atoms with Crippen LogP contribution in [0.2, 0.25) is 0 Å². The molecular weight excluding hydrogens is 428 g/mol. The van der Waals surface area contributed by atoms with E-state index in [1.807, 2.05) is 23.1 Å². The summed E-state index contributed by atoms with van der Waals surface area (Å²) in [6, 6.07) is 40.1. The van der Waals surface area contributed by atoms with E-state index in [1.54, 1.807) is 6.92 Å². The number of aromatic nitrogens is 1. The summed E-state index contributed by atoms with van der Waals surface area (Å²) in [5.41, 5.74) is 9.60. The third kappa shape index (κ3) is 2.82. The van der Waals surface area contributed by atoms with Gasteiger partial charge in [-0.2, -0.15) is 0 Å². The summed E-state index contributed by atoms with van der Waals surface area (Å²) in [7, 11) is 0. The van der Waals surface area contributed by atoms with Crippen LogP contribution in [0.5, 0.6) is 0 Å². The second-order valence-electron chi connectivity index (χ2n) is 8.99. The number of carbonyl (C=O) groups excluding carboxylic acids is 1. The Hall–Kier alpha value is -4.63.